The molecule has 2 N–H and O–H groups in total. The Hall–Kier alpha value is -2.43. The molecule has 2 heterocycles. The van der Waals surface area contributed by atoms with E-state index >= 15 is 0 Å². The highest BCUT2D eigenvalue weighted by Crippen LogP contribution is 2.39. The Morgan fingerprint density at radius 2 is 1.73 bits per heavy atom. The quantitative estimate of drug-likeness (QED) is 0.826. The maximum Gasteiger partial charge on any atom is 0.234 e. The van der Waals surface area contributed by atoms with E-state index in [9.17, 15) is 5.11 Å². The fraction of sp³-hybridized carbons (Fsp3) is 0.0588. The predicted octanol–water partition coefficient (Wildman–Crippen LogP) is 4.23. The van der Waals surface area contributed by atoms with Gasteiger partial charge >= 0.3 is 0 Å². The molecule has 0 saturated heterocycles. The summed E-state index contributed by atoms with van der Waals surface area (Å²) in [6.45, 7) is 1.99. The summed E-state index contributed by atoms with van der Waals surface area (Å²) in [5.41, 5.74) is 7.91. The summed E-state index contributed by atoms with van der Waals surface area (Å²) in [5.74, 6) is 0.172. The van der Waals surface area contributed by atoms with Crippen LogP contribution in [0.1, 0.15) is 12.5 Å². The third-order valence-electron chi connectivity index (χ3n) is 3.86. The lowest BCUT2D eigenvalue weighted by Crippen LogP contribution is -2.42. The zero-order valence-corrected chi connectivity index (χ0v) is 12.7. The van der Waals surface area contributed by atoms with E-state index < -0.39 is 0 Å². The molecule has 0 spiro atoms. The van der Waals surface area contributed by atoms with Gasteiger partial charge in [-0.2, -0.15) is 0 Å². The van der Waals surface area contributed by atoms with Gasteiger partial charge in [-0.15, -0.1) is 5.53 Å². The van der Waals surface area contributed by atoms with Gasteiger partial charge in [0, 0.05) is 10.6 Å². The van der Waals surface area contributed by atoms with Crippen LogP contribution in [0.5, 0.6) is 0 Å². The molecule has 2 aromatic rings. The maximum absolute atomic E-state index is 10.6. The van der Waals surface area contributed by atoms with Crippen LogP contribution in [-0.4, -0.2) is 5.11 Å². The maximum atomic E-state index is 10.6. The van der Waals surface area contributed by atoms with Crippen LogP contribution in [0.4, 0.5) is 11.4 Å². The Morgan fingerprint density at radius 1 is 1.00 bits per heavy atom. The van der Waals surface area contributed by atoms with Gasteiger partial charge in [-0.05, 0) is 48.9 Å². The first-order chi connectivity index (χ1) is 10.6. The SMILES string of the molecule is CC1=Cc2ccccc2N2NN(c3ccc(Cl)cc3)C(O)=C12. The van der Waals surface area contributed by atoms with Gasteiger partial charge < -0.3 is 5.11 Å². The van der Waals surface area contributed by atoms with E-state index in [0.717, 1.165) is 28.2 Å². The number of hydrazine groups is 2. The van der Waals surface area contributed by atoms with Crippen LogP contribution < -0.4 is 15.6 Å². The number of allylic oxidation sites excluding steroid dienone is 1. The summed E-state index contributed by atoms with van der Waals surface area (Å²) in [5, 5.41) is 14.8. The molecular weight excluding hydrogens is 298 g/mol. The molecule has 2 aliphatic rings. The lowest BCUT2D eigenvalue weighted by atomic mass is 10.0. The first-order valence-corrected chi connectivity index (χ1v) is 7.36. The number of anilines is 2. The minimum absolute atomic E-state index is 0.172. The summed E-state index contributed by atoms with van der Waals surface area (Å²) in [4.78, 5) is 0. The average molecular weight is 312 g/mol. The molecule has 0 bridgehead atoms. The van der Waals surface area contributed by atoms with Crippen molar-refractivity contribution in [2.24, 2.45) is 0 Å². The monoisotopic (exact) mass is 311 g/mol. The van der Waals surface area contributed by atoms with E-state index in [2.05, 4.69) is 17.7 Å². The zero-order chi connectivity index (χ0) is 15.3. The van der Waals surface area contributed by atoms with Gasteiger partial charge in [-0.25, -0.2) is 5.01 Å². The van der Waals surface area contributed by atoms with E-state index in [0.29, 0.717) is 5.02 Å². The van der Waals surface area contributed by atoms with Crippen molar-refractivity contribution in [2.75, 3.05) is 10.0 Å². The van der Waals surface area contributed by atoms with Gasteiger partial charge in [0.15, 0.2) is 0 Å². The molecule has 2 aliphatic heterocycles. The fourth-order valence-corrected chi connectivity index (χ4v) is 2.94. The summed E-state index contributed by atoms with van der Waals surface area (Å²) in [6, 6.07) is 15.4. The van der Waals surface area contributed by atoms with Crippen molar-refractivity contribution in [2.45, 2.75) is 6.92 Å². The van der Waals surface area contributed by atoms with Crippen LogP contribution in [0, 0.1) is 0 Å². The average Bonchev–Trinajstić information content (AvgIpc) is 2.87. The third kappa shape index (κ3) is 1.89. The molecule has 0 amide bonds. The fourth-order valence-electron chi connectivity index (χ4n) is 2.82. The second-order valence-corrected chi connectivity index (χ2v) is 5.74. The summed E-state index contributed by atoms with van der Waals surface area (Å²) in [7, 11) is 0. The Bertz CT molecular complexity index is 811. The van der Waals surface area contributed by atoms with Crippen LogP contribution >= 0.6 is 11.6 Å². The highest BCUT2D eigenvalue weighted by molar-refractivity contribution is 6.30. The van der Waals surface area contributed by atoms with Crippen molar-refractivity contribution in [3.05, 3.63) is 76.3 Å². The number of para-hydroxylation sites is 1. The Kier molecular flexibility index (Phi) is 2.89. The summed E-state index contributed by atoms with van der Waals surface area (Å²) >= 11 is 5.93. The van der Waals surface area contributed by atoms with Gasteiger partial charge in [0.25, 0.3) is 0 Å². The van der Waals surface area contributed by atoms with Crippen molar-refractivity contribution >= 4 is 29.1 Å². The molecule has 2 aromatic carbocycles. The lowest BCUT2D eigenvalue weighted by Gasteiger charge is -2.28. The van der Waals surface area contributed by atoms with Crippen LogP contribution in [0.25, 0.3) is 6.08 Å². The van der Waals surface area contributed by atoms with E-state index in [4.69, 9.17) is 11.6 Å². The summed E-state index contributed by atoms with van der Waals surface area (Å²) < 4.78 is 0. The number of aliphatic hydroxyl groups is 1. The van der Waals surface area contributed by atoms with E-state index in [1.165, 1.54) is 0 Å². The minimum Gasteiger partial charge on any atom is -0.492 e. The number of hydrogen-bond donors (Lipinski definition) is 2. The number of halogens is 1. The van der Waals surface area contributed by atoms with E-state index in [1.807, 2.05) is 42.3 Å². The third-order valence-corrected chi connectivity index (χ3v) is 4.11. The molecule has 4 nitrogen and oxygen atoms in total. The number of aliphatic hydroxyl groups excluding tert-OH is 1. The van der Waals surface area contributed by atoms with Crippen molar-refractivity contribution in [1.29, 1.82) is 0 Å². The highest BCUT2D eigenvalue weighted by Gasteiger charge is 2.34. The van der Waals surface area contributed by atoms with Gasteiger partial charge in [0.2, 0.25) is 5.88 Å². The molecule has 0 aromatic heterocycles. The zero-order valence-electron chi connectivity index (χ0n) is 11.9. The number of benzene rings is 2. The van der Waals surface area contributed by atoms with Crippen molar-refractivity contribution in [3.63, 3.8) is 0 Å². The number of hydrogen-bond acceptors (Lipinski definition) is 4. The van der Waals surface area contributed by atoms with Gasteiger partial charge in [0.1, 0.15) is 5.70 Å². The first-order valence-electron chi connectivity index (χ1n) is 6.98. The molecule has 0 radical (unpaired) electrons. The van der Waals surface area contributed by atoms with Crippen LogP contribution in [0.3, 0.4) is 0 Å². The Morgan fingerprint density at radius 3 is 2.50 bits per heavy atom. The molecule has 4 rings (SSSR count). The number of fused-ring (bicyclic) bond motifs is 3. The van der Waals surface area contributed by atoms with Crippen molar-refractivity contribution < 1.29 is 5.11 Å². The van der Waals surface area contributed by atoms with Crippen molar-refractivity contribution in [1.82, 2.24) is 5.53 Å². The predicted molar refractivity (Wildman–Crippen MR) is 89.3 cm³/mol. The summed E-state index contributed by atoms with van der Waals surface area (Å²) in [6.07, 6.45) is 2.07. The lowest BCUT2D eigenvalue weighted by molar-refractivity contribution is 0.388. The Balaban J connectivity index is 1.81. The van der Waals surface area contributed by atoms with Crippen molar-refractivity contribution in [3.8, 4) is 0 Å². The van der Waals surface area contributed by atoms with Crippen LogP contribution in [-0.2, 0) is 0 Å². The van der Waals surface area contributed by atoms with Crippen LogP contribution in [0.15, 0.2) is 65.7 Å². The second kappa shape index (κ2) is 4.80. The molecule has 0 unspecified atom stereocenters. The smallest absolute Gasteiger partial charge is 0.234 e. The normalized spacial score (nSPS) is 16.5. The van der Waals surface area contributed by atoms with E-state index in [1.54, 1.807) is 17.1 Å². The molecule has 22 heavy (non-hydrogen) atoms. The van der Waals surface area contributed by atoms with Gasteiger partial charge in [-0.3, -0.25) is 5.01 Å². The van der Waals surface area contributed by atoms with E-state index in [-0.39, 0.29) is 5.88 Å². The molecule has 0 fully saturated rings. The second-order valence-electron chi connectivity index (χ2n) is 5.31. The molecule has 0 aliphatic carbocycles. The molecular formula is C17H14ClN3O. The molecule has 110 valence electrons. The van der Waals surface area contributed by atoms with Gasteiger partial charge in [-0.1, -0.05) is 29.8 Å². The topological polar surface area (TPSA) is 38.7 Å². The number of nitrogens with zero attached hydrogens (tertiary/aromatic N) is 2. The van der Waals surface area contributed by atoms with Crippen LogP contribution in [0.2, 0.25) is 5.02 Å². The first kappa shape index (κ1) is 13.2. The highest BCUT2D eigenvalue weighted by atomic mass is 35.5. The standard InChI is InChI=1S/C17H14ClN3O/c1-11-10-12-4-2-3-5-15(12)21-16(11)17(22)20(19-21)14-8-6-13(18)7-9-14/h2-10,19,22H,1H3. The number of rotatable bonds is 1. The Labute approximate surface area is 133 Å². The largest absolute Gasteiger partial charge is 0.492 e. The molecule has 0 atom stereocenters. The molecule has 0 saturated carbocycles. The molecule has 5 heteroatoms. The number of nitrogens with one attached hydrogen (secondary N) is 1. The minimum atomic E-state index is 0.172. The van der Waals surface area contributed by atoms with Gasteiger partial charge in [0.05, 0.1) is 11.4 Å².